The lowest BCUT2D eigenvalue weighted by Crippen LogP contribution is -2.55. The Balaban J connectivity index is 5.67. The van der Waals surface area contributed by atoms with Crippen LogP contribution >= 0.6 is 0 Å². The van der Waals surface area contributed by atoms with Gasteiger partial charge in [0.2, 0.25) is 0 Å². The van der Waals surface area contributed by atoms with Crippen molar-refractivity contribution in [2.75, 3.05) is 13.2 Å². The number of unbranched alkanes of at least 4 members (excludes halogenated alkanes) is 28. The van der Waals surface area contributed by atoms with Crippen molar-refractivity contribution in [3.05, 3.63) is 0 Å². The molecule has 0 spiro atoms. The third kappa shape index (κ3) is 30.5. The lowest BCUT2D eigenvalue weighted by atomic mass is 10.1. The summed E-state index contributed by atoms with van der Waals surface area (Å²) in [6, 6.07) is 4.73. The van der Waals surface area contributed by atoms with Crippen LogP contribution in [0.1, 0.15) is 247 Å². The largest absolute Gasteiger partial charge is 0.414 e. The third-order valence-electron chi connectivity index (χ3n) is 10.8. The molecule has 0 aliphatic heterocycles. The van der Waals surface area contributed by atoms with E-state index in [1.165, 1.54) is 230 Å². The van der Waals surface area contributed by atoms with Crippen LogP contribution < -0.4 is 0 Å². The highest BCUT2D eigenvalue weighted by atomic mass is 28.5. The van der Waals surface area contributed by atoms with Crippen molar-refractivity contribution in [1.29, 1.82) is 0 Å². The first kappa shape index (κ1) is 49.3. The molecule has 0 aromatic heterocycles. The van der Waals surface area contributed by atoms with Crippen molar-refractivity contribution in [3.63, 3.8) is 0 Å². The van der Waals surface area contributed by atoms with Gasteiger partial charge in [0.05, 0.1) is 0 Å². The molecule has 0 atom stereocenters. The molecule has 296 valence electrons. The molecule has 5 heteroatoms. The average Bonchev–Trinajstić information content (AvgIpc) is 3.10. The first-order valence-corrected chi connectivity index (χ1v) is 27.5. The molecule has 0 heterocycles. The van der Waals surface area contributed by atoms with Crippen LogP contribution in [-0.4, -0.2) is 30.3 Å². The molecule has 0 amide bonds. The van der Waals surface area contributed by atoms with E-state index in [9.17, 15) is 0 Å². The Morgan fingerprint density at radius 2 is 0.429 bits per heavy atom. The van der Waals surface area contributed by atoms with Crippen molar-refractivity contribution in [1.82, 2.24) is 0 Å². The molecule has 0 aliphatic carbocycles. The maximum absolute atomic E-state index is 7.78. The van der Waals surface area contributed by atoms with E-state index >= 15 is 0 Å². The summed E-state index contributed by atoms with van der Waals surface area (Å²) >= 11 is 0. The molecule has 0 saturated carbocycles. The predicted molar refractivity (Wildman–Crippen MR) is 226 cm³/mol. The van der Waals surface area contributed by atoms with Crippen LogP contribution in [0.3, 0.4) is 0 Å². The Labute approximate surface area is 313 Å². The number of hydrogen-bond donors (Lipinski definition) is 0. The highest BCUT2D eigenvalue weighted by Gasteiger charge is 2.47. The van der Waals surface area contributed by atoms with Crippen LogP contribution in [0, 0.1) is 0 Å². The molecule has 0 rings (SSSR count). The summed E-state index contributed by atoms with van der Waals surface area (Å²) in [4.78, 5) is 0. The summed E-state index contributed by atoms with van der Waals surface area (Å²) in [5.74, 6) is 0. The Morgan fingerprint density at radius 1 is 0.245 bits per heavy atom. The van der Waals surface area contributed by atoms with Gasteiger partial charge in [-0.15, -0.1) is 0 Å². The normalized spacial score (nSPS) is 12.4. The molecule has 3 nitrogen and oxygen atoms in total. The molecule has 0 saturated heterocycles. The lowest BCUT2D eigenvalue weighted by molar-refractivity contribution is 0.187. The summed E-state index contributed by atoms with van der Waals surface area (Å²) in [6.45, 7) is 15.3. The minimum atomic E-state index is -2.37. The van der Waals surface area contributed by atoms with Gasteiger partial charge in [-0.25, -0.2) is 0 Å². The van der Waals surface area contributed by atoms with Crippen LogP contribution in [-0.2, 0) is 13.0 Å². The van der Waals surface area contributed by atoms with Gasteiger partial charge >= 0.3 is 17.1 Å². The summed E-state index contributed by atoms with van der Waals surface area (Å²) in [5, 5.41) is 0. The summed E-state index contributed by atoms with van der Waals surface area (Å²) in [7, 11) is -4.75. The maximum atomic E-state index is 7.78. The predicted octanol–water partition coefficient (Wildman–Crippen LogP) is 16.5. The van der Waals surface area contributed by atoms with E-state index in [0.29, 0.717) is 0 Å². The quantitative estimate of drug-likeness (QED) is 0.0463. The van der Waals surface area contributed by atoms with Crippen LogP contribution in [0.25, 0.3) is 0 Å². The number of rotatable bonds is 42. The fourth-order valence-corrected chi connectivity index (χ4v) is 17.9. The Kier molecular flexibility index (Phi) is 38.3. The van der Waals surface area contributed by atoms with Crippen molar-refractivity contribution in [2.24, 2.45) is 0 Å². The van der Waals surface area contributed by atoms with Gasteiger partial charge in [0, 0.05) is 13.2 Å². The van der Waals surface area contributed by atoms with E-state index in [4.69, 9.17) is 13.0 Å². The summed E-state index contributed by atoms with van der Waals surface area (Å²) in [5.41, 5.74) is 0. The second kappa shape index (κ2) is 38.1. The fourth-order valence-electron chi connectivity index (χ4n) is 7.78. The van der Waals surface area contributed by atoms with Gasteiger partial charge in [-0.1, -0.05) is 233 Å². The first-order chi connectivity index (χ1) is 24.1. The van der Waals surface area contributed by atoms with Crippen molar-refractivity contribution < 1.29 is 13.0 Å². The van der Waals surface area contributed by atoms with Gasteiger partial charge in [-0.05, 0) is 38.0 Å². The Morgan fingerprint density at radius 3 is 0.612 bits per heavy atom. The molecular weight excluding hydrogens is 633 g/mol. The van der Waals surface area contributed by atoms with Gasteiger partial charge in [0.15, 0.2) is 0 Å². The van der Waals surface area contributed by atoms with Gasteiger partial charge in [0.1, 0.15) is 0 Å². The Hall–Kier alpha value is 0.314. The van der Waals surface area contributed by atoms with Gasteiger partial charge in [0.25, 0.3) is 0 Å². The van der Waals surface area contributed by atoms with Crippen LogP contribution in [0.4, 0.5) is 0 Å². The second-order valence-electron chi connectivity index (χ2n) is 15.7. The van der Waals surface area contributed by atoms with Crippen molar-refractivity contribution in [2.45, 2.75) is 271 Å². The Bertz CT molecular complexity index is 539. The van der Waals surface area contributed by atoms with Gasteiger partial charge in [-0.3, -0.25) is 0 Å². The highest BCUT2D eigenvalue weighted by molar-refractivity contribution is 6.81. The zero-order valence-corrected chi connectivity index (χ0v) is 37.1. The first-order valence-electron chi connectivity index (χ1n) is 23.1. The smallest absolute Gasteiger partial charge is 0.329 e. The second-order valence-corrected chi connectivity index (χ2v) is 22.7. The zero-order valence-electron chi connectivity index (χ0n) is 35.1. The standard InChI is InChI=1S/C44H94O3Si2/c1-7-13-17-21-25-29-33-37-41-48(45-11-5,42-38-34-30-26-22-18-14-8-2)47-49(46-12-6,43-39-35-31-27-23-19-15-9-3)44-40-36-32-28-24-20-16-10-4/h7-44H2,1-6H3. The third-order valence-corrected chi connectivity index (χ3v) is 19.9. The molecule has 0 aromatic rings. The van der Waals surface area contributed by atoms with Crippen LogP contribution in [0.5, 0.6) is 0 Å². The monoisotopic (exact) mass is 727 g/mol. The SMILES string of the molecule is CCCCCCCCCC[Si](CCCCCCCCCC)(OCC)O[Si](CCCCCCCCCC)(CCCCCCCCCC)OCC. The lowest BCUT2D eigenvalue weighted by Gasteiger charge is -2.41. The minimum absolute atomic E-state index is 0.798. The average molecular weight is 727 g/mol. The summed E-state index contributed by atoms with van der Waals surface area (Å²) in [6.07, 6.45) is 43.8. The van der Waals surface area contributed by atoms with E-state index in [2.05, 4.69) is 41.5 Å². The van der Waals surface area contributed by atoms with E-state index in [1.807, 2.05) is 0 Å². The molecule has 0 aliphatic rings. The highest BCUT2D eigenvalue weighted by Crippen LogP contribution is 2.35. The maximum Gasteiger partial charge on any atom is 0.329 e. The molecule has 49 heavy (non-hydrogen) atoms. The van der Waals surface area contributed by atoms with Crippen molar-refractivity contribution in [3.8, 4) is 0 Å². The zero-order chi connectivity index (χ0) is 36.0. The molecule has 0 aromatic carbocycles. The van der Waals surface area contributed by atoms with E-state index in [1.54, 1.807) is 0 Å². The van der Waals surface area contributed by atoms with Crippen LogP contribution in [0.2, 0.25) is 24.2 Å². The van der Waals surface area contributed by atoms with Crippen molar-refractivity contribution >= 4 is 17.1 Å². The topological polar surface area (TPSA) is 27.7 Å². The van der Waals surface area contributed by atoms with E-state index in [-0.39, 0.29) is 0 Å². The molecular formula is C44H94O3Si2. The van der Waals surface area contributed by atoms with E-state index < -0.39 is 17.1 Å². The van der Waals surface area contributed by atoms with E-state index in [0.717, 1.165) is 13.2 Å². The van der Waals surface area contributed by atoms with Gasteiger partial charge < -0.3 is 13.0 Å². The molecule has 0 fully saturated rings. The van der Waals surface area contributed by atoms with Gasteiger partial charge in [-0.2, -0.15) is 0 Å². The minimum Gasteiger partial charge on any atom is -0.414 e. The van der Waals surface area contributed by atoms with Crippen LogP contribution in [0.15, 0.2) is 0 Å². The fraction of sp³-hybridized carbons (Fsp3) is 1.00. The molecule has 0 unspecified atom stereocenters. The summed E-state index contributed by atoms with van der Waals surface area (Å²) < 4.78 is 21.8. The number of hydrogen-bond acceptors (Lipinski definition) is 3. The molecule has 0 bridgehead atoms. The molecule has 0 N–H and O–H groups in total. The molecule has 0 radical (unpaired) electrons.